The zero-order valence-electron chi connectivity index (χ0n) is 14.6. The lowest BCUT2D eigenvalue weighted by Gasteiger charge is -2.21. The number of hydrogen-bond acceptors (Lipinski definition) is 2. The highest BCUT2D eigenvalue weighted by Gasteiger charge is 2.22. The van der Waals surface area contributed by atoms with E-state index in [0.29, 0.717) is 24.6 Å². The minimum Gasteiger partial charge on any atom is -0.357 e. The molecule has 0 aliphatic carbocycles. The maximum atomic E-state index is 13.6. The van der Waals surface area contributed by atoms with Gasteiger partial charge in [0.05, 0.1) is 6.54 Å². The first-order chi connectivity index (χ1) is 11.6. The average Bonchev–Trinajstić information content (AvgIpc) is 3.03. The van der Waals surface area contributed by atoms with Crippen molar-refractivity contribution in [2.45, 2.75) is 39.2 Å². The molecule has 0 amide bonds. The Kier molecular flexibility index (Phi) is 7.43. The number of nitrogens with zero attached hydrogens (tertiary/aromatic N) is 2. The third kappa shape index (κ3) is 5.44. The first kappa shape index (κ1) is 18.6. The molecule has 4 nitrogen and oxygen atoms in total. The zero-order chi connectivity index (χ0) is 17.4. The molecule has 0 aromatic heterocycles. The molecule has 24 heavy (non-hydrogen) atoms. The van der Waals surface area contributed by atoms with Gasteiger partial charge >= 0.3 is 0 Å². The van der Waals surface area contributed by atoms with Crippen molar-refractivity contribution in [1.29, 1.82) is 0 Å². The molecule has 1 atom stereocenters. The number of aliphatic imine (C=N–C) groups is 1. The van der Waals surface area contributed by atoms with Crippen molar-refractivity contribution < 1.29 is 8.78 Å². The van der Waals surface area contributed by atoms with Gasteiger partial charge in [-0.2, -0.15) is 0 Å². The SMILES string of the molecule is CCNC(=NCC1CCCN1CC)NCCc1cc(F)ccc1F. The van der Waals surface area contributed by atoms with Crippen LogP contribution in [-0.2, 0) is 6.42 Å². The summed E-state index contributed by atoms with van der Waals surface area (Å²) in [4.78, 5) is 7.10. The van der Waals surface area contributed by atoms with Gasteiger partial charge in [-0.25, -0.2) is 8.78 Å². The summed E-state index contributed by atoms with van der Waals surface area (Å²) < 4.78 is 26.8. The first-order valence-corrected chi connectivity index (χ1v) is 8.84. The predicted molar refractivity (Wildman–Crippen MR) is 94.3 cm³/mol. The summed E-state index contributed by atoms with van der Waals surface area (Å²) >= 11 is 0. The number of rotatable bonds is 7. The van der Waals surface area contributed by atoms with E-state index in [1.54, 1.807) is 0 Å². The molecule has 0 bridgehead atoms. The summed E-state index contributed by atoms with van der Waals surface area (Å²) in [5, 5.41) is 6.41. The molecule has 1 aromatic rings. The second-order valence-corrected chi connectivity index (χ2v) is 6.06. The Labute approximate surface area is 143 Å². The molecule has 0 saturated carbocycles. The van der Waals surface area contributed by atoms with Crippen LogP contribution in [-0.4, -0.2) is 49.6 Å². The van der Waals surface area contributed by atoms with Crippen LogP contribution in [0.2, 0.25) is 0 Å². The van der Waals surface area contributed by atoms with E-state index in [9.17, 15) is 8.78 Å². The fourth-order valence-electron chi connectivity index (χ4n) is 3.11. The van der Waals surface area contributed by atoms with Gasteiger partial charge < -0.3 is 10.6 Å². The fourth-order valence-corrected chi connectivity index (χ4v) is 3.11. The van der Waals surface area contributed by atoms with Gasteiger partial charge in [0.25, 0.3) is 0 Å². The van der Waals surface area contributed by atoms with Gasteiger partial charge in [-0.3, -0.25) is 9.89 Å². The molecule has 134 valence electrons. The van der Waals surface area contributed by atoms with Crippen LogP contribution < -0.4 is 10.6 Å². The second kappa shape index (κ2) is 9.57. The Bertz CT molecular complexity index is 548. The summed E-state index contributed by atoms with van der Waals surface area (Å²) in [6.07, 6.45) is 2.83. The summed E-state index contributed by atoms with van der Waals surface area (Å²) in [5.41, 5.74) is 0.381. The highest BCUT2D eigenvalue weighted by atomic mass is 19.1. The van der Waals surface area contributed by atoms with E-state index in [2.05, 4.69) is 27.4 Å². The van der Waals surface area contributed by atoms with Crippen LogP contribution >= 0.6 is 0 Å². The van der Waals surface area contributed by atoms with Gasteiger partial charge in [-0.15, -0.1) is 0 Å². The van der Waals surface area contributed by atoms with Crippen molar-refractivity contribution >= 4 is 5.96 Å². The van der Waals surface area contributed by atoms with Gasteiger partial charge in [0.2, 0.25) is 0 Å². The van der Waals surface area contributed by atoms with Crippen molar-refractivity contribution in [3.63, 3.8) is 0 Å². The molecule has 1 fully saturated rings. The third-order valence-electron chi connectivity index (χ3n) is 4.40. The lowest BCUT2D eigenvalue weighted by molar-refractivity contribution is 0.273. The number of likely N-dealkylation sites (tertiary alicyclic amines) is 1. The van der Waals surface area contributed by atoms with Gasteiger partial charge in [0.15, 0.2) is 5.96 Å². The predicted octanol–water partition coefficient (Wildman–Crippen LogP) is 2.55. The minimum atomic E-state index is -0.409. The van der Waals surface area contributed by atoms with Gasteiger partial charge in [0, 0.05) is 19.1 Å². The summed E-state index contributed by atoms with van der Waals surface area (Å²) in [6.45, 7) is 8.44. The molecule has 1 aromatic carbocycles. The topological polar surface area (TPSA) is 39.7 Å². The van der Waals surface area contributed by atoms with Crippen LogP contribution in [0, 0.1) is 11.6 Å². The van der Waals surface area contributed by atoms with Crippen LogP contribution in [0.1, 0.15) is 32.3 Å². The number of guanidine groups is 1. The molecule has 1 heterocycles. The van der Waals surface area contributed by atoms with Crippen LogP contribution in [0.5, 0.6) is 0 Å². The standard InChI is InChI=1S/C18H28F2N4/c1-3-21-18(23-13-16-6-5-11-24(16)4-2)22-10-9-14-12-15(19)7-8-17(14)20/h7-8,12,16H,3-6,9-11,13H2,1-2H3,(H2,21,22,23). The number of likely N-dealkylation sites (N-methyl/N-ethyl adjacent to an activating group) is 1. The van der Waals surface area contributed by atoms with Crippen molar-refractivity contribution in [3.05, 3.63) is 35.4 Å². The molecule has 2 rings (SSSR count). The Morgan fingerprint density at radius 1 is 1.29 bits per heavy atom. The number of halogens is 2. The fraction of sp³-hybridized carbons (Fsp3) is 0.611. The van der Waals surface area contributed by atoms with E-state index in [0.717, 1.165) is 38.2 Å². The number of nitrogens with one attached hydrogen (secondary N) is 2. The first-order valence-electron chi connectivity index (χ1n) is 8.84. The van der Waals surface area contributed by atoms with E-state index < -0.39 is 5.82 Å². The van der Waals surface area contributed by atoms with Gasteiger partial charge in [-0.1, -0.05) is 6.92 Å². The molecule has 1 aliphatic rings. The molecule has 0 spiro atoms. The van der Waals surface area contributed by atoms with Crippen molar-refractivity contribution in [3.8, 4) is 0 Å². The second-order valence-electron chi connectivity index (χ2n) is 6.06. The molecule has 1 unspecified atom stereocenters. The van der Waals surface area contributed by atoms with Crippen molar-refractivity contribution in [2.75, 3.05) is 32.7 Å². The van der Waals surface area contributed by atoms with Crippen LogP contribution in [0.4, 0.5) is 8.78 Å². The van der Waals surface area contributed by atoms with Gasteiger partial charge in [0.1, 0.15) is 11.6 Å². The zero-order valence-corrected chi connectivity index (χ0v) is 14.6. The van der Waals surface area contributed by atoms with E-state index in [1.165, 1.54) is 25.0 Å². The van der Waals surface area contributed by atoms with Crippen molar-refractivity contribution in [1.82, 2.24) is 15.5 Å². The Morgan fingerprint density at radius 2 is 2.12 bits per heavy atom. The average molecular weight is 338 g/mol. The summed E-state index contributed by atoms with van der Waals surface area (Å²) in [7, 11) is 0. The van der Waals surface area contributed by atoms with Crippen LogP contribution in [0.25, 0.3) is 0 Å². The molecule has 2 N–H and O–H groups in total. The van der Waals surface area contributed by atoms with E-state index >= 15 is 0 Å². The Hall–Kier alpha value is -1.69. The maximum absolute atomic E-state index is 13.6. The lowest BCUT2D eigenvalue weighted by Crippen LogP contribution is -2.40. The number of hydrogen-bond donors (Lipinski definition) is 2. The maximum Gasteiger partial charge on any atom is 0.191 e. The molecular formula is C18H28F2N4. The summed E-state index contributed by atoms with van der Waals surface area (Å²) in [5.74, 6) is -0.0465. The quantitative estimate of drug-likeness (QED) is 0.593. The molecule has 6 heteroatoms. The molecule has 0 radical (unpaired) electrons. The highest BCUT2D eigenvalue weighted by molar-refractivity contribution is 5.79. The lowest BCUT2D eigenvalue weighted by atomic mass is 10.1. The smallest absolute Gasteiger partial charge is 0.191 e. The van der Waals surface area contributed by atoms with Crippen molar-refractivity contribution in [2.24, 2.45) is 4.99 Å². The largest absolute Gasteiger partial charge is 0.357 e. The normalized spacial score (nSPS) is 18.8. The van der Waals surface area contributed by atoms with Crippen LogP contribution in [0.3, 0.4) is 0 Å². The molecule has 1 aliphatic heterocycles. The van der Waals surface area contributed by atoms with Gasteiger partial charge in [-0.05, 0) is 63.0 Å². The van der Waals surface area contributed by atoms with Crippen LogP contribution in [0.15, 0.2) is 23.2 Å². The molecular weight excluding hydrogens is 310 g/mol. The number of benzene rings is 1. The Balaban J connectivity index is 1.86. The third-order valence-corrected chi connectivity index (χ3v) is 4.40. The monoisotopic (exact) mass is 338 g/mol. The van der Waals surface area contributed by atoms with E-state index in [1.807, 2.05) is 6.92 Å². The molecule has 1 saturated heterocycles. The summed E-state index contributed by atoms with van der Waals surface area (Å²) in [6, 6.07) is 4.06. The van der Waals surface area contributed by atoms with E-state index in [-0.39, 0.29) is 5.82 Å². The Morgan fingerprint density at radius 3 is 2.88 bits per heavy atom. The highest BCUT2D eigenvalue weighted by Crippen LogP contribution is 2.16. The van der Waals surface area contributed by atoms with E-state index in [4.69, 9.17) is 0 Å². The minimum absolute atomic E-state index is 0.371.